The van der Waals surface area contributed by atoms with Crippen LogP contribution in [0.15, 0.2) is 54.6 Å². The molecule has 2 amide bonds. The Morgan fingerprint density at radius 1 is 0.867 bits per heavy atom. The molecule has 0 aromatic heterocycles. The van der Waals surface area contributed by atoms with Crippen LogP contribution >= 0.6 is 0 Å². The summed E-state index contributed by atoms with van der Waals surface area (Å²) in [6.45, 7) is 7.45. The average molecular weight is 407 g/mol. The van der Waals surface area contributed by atoms with Gasteiger partial charge in [-0.15, -0.1) is 0 Å². The molecule has 1 N–H and O–H groups in total. The van der Waals surface area contributed by atoms with Gasteiger partial charge in [0.15, 0.2) is 0 Å². The quantitative estimate of drug-likeness (QED) is 0.767. The van der Waals surface area contributed by atoms with Crippen molar-refractivity contribution in [2.75, 3.05) is 50.7 Å². The maximum absolute atomic E-state index is 12.4. The molecule has 2 aliphatic heterocycles. The molecule has 2 aromatic rings. The Labute approximate surface area is 178 Å². The standard InChI is InChI=1S/C24H30N4O2/c29-23-7-4-13-28(23)22-10-8-21(9-11-22)24(30)25-12-14-26-15-17-27(18-16-26)19-20-5-2-1-3-6-20/h1-3,5-6,8-11H,4,7,12-19H2,(H,25,30). The Hall–Kier alpha value is -2.70. The van der Waals surface area contributed by atoms with E-state index in [4.69, 9.17) is 0 Å². The number of anilines is 1. The van der Waals surface area contributed by atoms with E-state index >= 15 is 0 Å². The van der Waals surface area contributed by atoms with Crippen LogP contribution in [0.5, 0.6) is 0 Å². The third kappa shape index (κ3) is 5.26. The molecule has 2 fully saturated rings. The minimum absolute atomic E-state index is 0.0583. The van der Waals surface area contributed by atoms with E-state index in [1.165, 1.54) is 5.56 Å². The van der Waals surface area contributed by atoms with Gasteiger partial charge in [-0.1, -0.05) is 30.3 Å². The third-order valence-electron chi connectivity index (χ3n) is 5.94. The molecular weight excluding hydrogens is 376 g/mol. The minimum atomic E-state index is -0.0583. The van der Waals surface area contributed by atoms with Crippen molar-refractivity contribution in [2.45, 2.75) is 19.4 Å². The first-order valence-corrected chi connectivity index (χ1v) is 10.9. The molecule has 0 atom stereocenters. The molecule has 0 spiro atoms. The molecular formula is C24H30N4O2. The summed E-state index contributed by atoms with van der Waals surface area (Å²) in [4.78, 5) is 30.9. The number of carbonyl (C=O) groups excluding carboxylic acids is 2. The van der Waals surface area contributed by atoms with E-state index in [1.54, 1.807) is 17.0 Å². The molecule has 6 heteroatoms. The lowest BCUT2D eigenvalue weighted by Crippen LogP contribution is -2.48. The highest BCUT2D eigenvalue weighted by atomic mass is 16.2. The highest BCUT2D eigenvalue weighted by Crippen LogP contribution is 2.21. The number of nitrogens with one attached hydrogen (secondary N) is 1. The fraction of sp³-hybridized carbons (Fsp3) is 0.417. The van der Waals surface area contributed by atoms with Crippen molar-refractivity contribution in [3.8, 4) is 0 Å². The van der Waals surface area contributed by atoms with Gasteiger partial charge in [0, 0.05) is 70.0 Å². The largest absolute Gasteiger partial charge is 0.351 e. The first kappa shape index (κ1) is 20.6. The van der Waals surface area contributed by atoms with E-state index in [2.05, 4.69) is 45.4 Å². The van der Waals surface area contributed by atoms with Crippen LogP contribution in [-0.2, 0) is 11.3 Å². The Balaban J connectivity index is 1.17. The monoisotopic (exact) mass is 406 g/mol. The van der Waals surface area contributed by atoms with Crippen LogP contribution in [0.1, 0.15) is 28.8 Å². The number of piperazine rings is 1. The molecule has 0 saturated carbocycles. The maximum atomic E-state index is 12.4. The molecule has 158 valence electrons. The zero-order chi connectivity index (χ0) is 20.8. The third-order valence-corrected chi connectivity index (χ3v) is 5.94. The lowest BCUT2D eigenvalue weighted by molar-refractivity contribution is -0.117. The number of nitrogens with zero attached hydrogens (tertiary/aromatic N) is 3. The molecule has 6 nitrogen and oxygen atoms in total. The highest BCUT2D eigenvalue weighted by molar-refractivity contribution is 5.97. The van der Waals surface area contributed by atoms with Crippen LogP contribution in [-0.4, -0.2) is 67.4 Å². The molecule has 0 aliphatic carbocycles. The number of rotatable bonds is 7. The molecule has 2 aliphatic rings. The first-order valence-electron chi connectivity index (χ1n) is 10.9. The molecule has 2 saturated heterocycles. The predicted octanol–water partition coefficient (Wildman–Crippen LogP) is 2.36. The summed E-state index contributed by atoms with van der Waals surface area (Å²) in [5.74, 6) is 0.105. The Kier molecular flexibility index (Phi) is 6.77. The molecule has 2 aromatic carbocycles. The summed E-state index contributed by atoms with van der Waals surface area (Å²) in [6, 6.07) is 17.9. The van der Waals surface area contributed by atoms with Crippen molar-refractivity contribution in [1.29, 1.82) is 0 Å². The van der Waals surface area contributed by atoms with Gasteiger partial charge in [0.2, 0.25) is 5.91 Å². The van der Waals surface area contributed by atoms with E-state index in [0.717, 1.165) is 57.9 Å². The lowest BCUT2D eigenvalue weighted by Gasteiger charge is -2.34. The topological polar surface area (TPSA) is 55.9 Å². The Bertz CT molecular complexity index is 845. The van der Waals surface area contributed by atoms with Crippen LogP contribution in [0.25, 0.3) is 0 Å². The maximum Gasteiger partial charge on any atom is 0.251 e. The summed E-state index contributed by atoms with van der Waals surface area (Å²) >= 11 is 0. The van der Waals surface area contributed by atoms with Gasteiger partial charge >= 0.3 is 0 Å². The van der Waals surface area contributed by atoms with Gasteiger partial charge in [-0.05, 0) is 36.2 Å². The lowest BCUT2D eigenvalue weighted by atomic mass is 10.2. The van der Waals surface area contributed by atoms with Crippen molar-refractivity contribution >= 4 is 17.5 Å². The summed E-state index contributed by atoms with van der Waals surface area (Å²) < 4.78 is 0. The highest BCUT2D eigenvalue weighted by Gasteiger charge is 2.22. The van der Waals surface area contributed by atoms with Gasteiger partial charge in [0.25, 0.3) is 5.91 Å². The fourth-order valence-corrected chi connectivity index (χ4v) is 4.16. The van der Waals surface area contributed by atoms with E-state index < -0.39 is 0 Å². The molecule has 0 radical (unpaired) electrons. The van der Waals surface area contributed by atoms with Crippen molar-refractivity contribution in [1.82, 2.24) is 15.1 Å². The Morgan fingerprint density at radius 3 is 2.23 bits per heavy atom. The zero-order valence-electron chi connectivity index (χ0n) is 17.4. The van der Waals surface area contributed by atoms with Gasteiger partial charge in [-0.25, -0.2) is 0 Å². The van der Waals surface area contributed by atoms with Gasteiger partial charge in [-0.2, -0.15) is 0 Å². The van der Waals surface area contributed by atoms with Crippen molar-refractivity contribution in [3.63, 3.8) is 0 Å². The van der Waals surface area contributed by atoms with Gasteiger partial charge in [0.1, 0.15) is 0 Å². The SMILES string of the molecule is O=C(NCCN1CCN(Cc2ccccc2)CC1)c1ccc(N2CCCC2=O)cc1. The van der Waals surface area contributed by atoms with E-state index in [1.807, 2.05) is 12.1 Å². The predicted molar refractivity (Wildman–Crippen MR) is 119 cm³/mol. The second kappa shape index (κ2) is 9.87. The minimum Gasteiger partial charge on any atom is -0.351 e. The first-order chi connectivity index (χ1) is 14.7. The summed E-state index contributed by atoms with van der Waals surface area (Å²) in [5.41, 5.74) is 2.87. The normalized spacial score (nSPS) is 18.0. The zero-order valence-corrected chi connectivity index (χ0v) is 17.4. The van der Waals surface area contributed by atoms with Gasteiger partial charge in [0.05, 0.1) is 0 Å². The van der Waals surface area contributed by atoms with Gasteiger partial charge in [-0.3, -0.25) is 19.4 Å². The van der Waals surface area contributed by atoms with Crippen LogP contribution < -0.4 is 10.2 Å². The summed E-state index contributed by atoms with van der Waals surface area (Å²) in [7, 11) is 0. The average Bonchev–Trinajstić information content (AvgIpc) is 3.21. The van der Waals surface area contributed by atoms with E-state index in [0.29, 0.717) is 18.5 Å². The van der Waals surface area contributed by atoms with Crippen LogP contribution in [0.3, 0.4) is 0 Å². The smallest absolute Gasteiger partial charge is 0.251 e. The van der Waals surface area contributed by atoms with Crippen molar-refractivity contribution in [2.24, 2.45) is 0 Å². The number of benzene rings is 2. The van der Waals surface area contributed by atoms with Crippen molar-refractivity contribution in [3.05, 3.63) is 65.7 Å². The van der Waals surface area contributed by atoms with E-state index in [9.17, 15) is 9.59 Å². The molecule has 0 bridgehead atoms. The molecule has 0 unspecified atom stereocenters. The van der Waals surface area contributed by atoms with Crippen LogP contribution in [0, 0.1) is 0 Å². The molecule has 4 rings (SSSR count). The number of amides is 2. The van der Waals surface area contributed by atoms with Gasteiger partial charge < -0.3 is 10.2 Å². The number of hydrogen-bond donors (Lipinski definition) is 1. The van der Waals surface area contributed by atoms with Crippen molar-refractivity contribution < 1.29 is 9.59 Å². The van der Waals surface area contributed by atoms with Crippen LogP contribution in [0.4, 0.5) is 5.69 Å². The summed E-state index contributed by atoms with van der Waals surface area (Å²) in [5, 5.41) is 3.02. The van der Waals surface area contributed by atoms with E-state index in [-0.39, 0.29) is 11.8 Å². The number of hydrogen-bond acceptors (Lipinski definition) is 4. The molecule has 2 heterocycles. The fourth-order valence-electron chi connectivity index (χ4n) is 4.16. The van der Waals surface area contributed by atoms with Crippen LogP contribution in [0.2, 0.25) is 0 Å². The second-order valence-electron chi connectivity index (χ2n) is 8.06. The summed E-state index contributed by atoms with van der Waals surface area (Å²) in [6.07, 6.45) is 1.52. The number of carbonyl (C=O) groups is 2. The Morgan fingerprint density at radius 2 is 1.57 bits per heavy atom. The molecule has 30 heavy (non-hydrogen) atoms. The second-order valence-corrected chi connectivity index (χ2v) is 8.06.